The van der Waals surface area contributed by atoms with Crippen molar-refractivity contribution >= 4 is 5.91 Å². The molecule has 3 heteroatoms. The maximum Gasteiger partial charge on any atom is 0.220 e. The molecule has 0 saturated heterocycles. The highest BCUT2D eigenvalue weighted by Gasteiger charge is 2.30. The van der Waals surface area contributed by atoms with Crippen molar-refractivity contribution < 1.29 is 4.79 Å². The molecule has 24 heavy (non-hydrogen) atoms. The lowest BCUT2D eigenvalue weighted by molar-refractivity contribution is -0.122. The Morgan fingerprint density at radius 1 is 1.17 bits per heavy atom. The van der Waals surface area contributed by atoms with Gasteiger partial charge in [0.05, 0.1) is 0 Å². The second-order valence-corrected chi connectivity index (χ2v) is 8.24. The molecule has 0 spiro atoms. The minimum atomic E-state index is -0.00421. The third-order valence-electron chi connectivity index (χ3n) is 5.90. The quantitative estimate of drug-likeness (QED) is 0.889. The fourth-order valence-electron chi connectivity index (χ4n) is 4.16. The van der Waals surface area contributed by atoms with Crippen LogP contribution in [0.4, 0.5) is 0 Å². The molecule has 3 nitrogen and oxygen atoms in total. The molecular formula is C21H32N2O. The Bertz CT molecular complexity index is 561. The van der Waals surface area contributed by atoms with Gasteiger partial charge in [-0.05, 0) is 50.2 Å². The van der Waals surface area contributed by atoms with Crippen LogP contribution < -0.4 is 5.32 Å². The summed E-state index contributed by atoms with van der Waals surface area (Å²) in [5.41, 5.74) is 2.91. The highest BCUT2D eigenvalue weighted by molar-refractivity contribution is 5.76. The molecule has 1 fully saturated rings. The summed E-state index contributed by atoms with van der Waals surface area (Å²) >= 11 is 0. The maximum absolute atomic E-state index is 12.3. The summed E-state index contributed by atoms with van der Waals surface area (Å²) in [7, 11) is 0. The second-order valence-electron chi connectivity index (χ2n) is 8.24. The van der Waals surface area contributed by atoms with Crippen LogP contribution in [-0.2, 0) is 17.8 Å². The number of nitrogens with zero attached hydrogens (tertiary/aromatic N) is 1. The first kappa shape index (κ1) is 17.5. The smallest absolute Gasteiger partial charge is 0.220 e. The van der Waals surface area contributed by atoms with E-state index >= 15 is 0 Å². The van der Waals surface area contributed by atoms with Crippen molar-refractivity contribution in [2.45, 2.75) is 70.9 Å². The topological polar surface area (TPSA) is 32.3 Å². The Kier molecular flexibility index (Phi) is 5.60. The number of carbonyl (C=O) groups is 1. The Labute approximate surface area is 146 Å². The van der Waals surface area contributed by atoms with E-state index in [1.807, 2.05) is 0 Å². The number of amides is 1. The molecule has 0 aromatic heterocycles. The molecule has 1 aromatic rings. The molecule has 0 atom stereocenters. The summed E-state index contributed by atoms with van der Waals surface area (Å²) in [4.78, 5) is 14.8. The lowest BCUT2D eigenvalue weighted by Gasteiger charge is -2.41. The molecule has 1 aliphatic heterocycles. The van der Waals surface area contributed by atoms with E-state index in [-0.39, 0.29) is 11.4 Å². The Morgan fingerprint density at radius 2 is 1.88 bits per heavy atom. The van der Waals surface area contributed by atoms with Gasteiger partial charge in [-0.1, -0.05) is 43.5 Å². The van der Waals surface area contributed by atoms with Gasteiger partial charge in [0.2, 0.25) is 5.91 Å². The second kappa shape index (κ2) is 7.69. The molecule has 1 aliphatic carbocycles. The van der Waals surface area contributed by atoms with Crippen LogP contribution in [0.2, 0.25) is 0 Å². The van der Waals surface area contributed by atoms with Gasteiger partial charge in [-0.25, -0.2) is 0 Å². The molecular weight excluding hydrogens is 296 g/mol. The predicted octanol–water partition coefficient (Wildman–Crippen LogP) is 3.91. The van der Waals surface area contributed by atoms with Crippen molar-refractivity contribution in [2.75, 3.05) is 13.1 Å². The van der Waals surface area contributed by atoms with Gasteiger partial charge in [-0.15, -0.1) is 0 Å². The molecule has 132 valence electrons. The van der Waals surface area contributed by atoms with Crippen LogP contribution in [0.15, 0.2) is 24.3 Å². The van der Waals surface area contributed by atoms with Crippen molar-refractivity contribution in [3.05, 3.63) is 35.4 Å². The van der Waals surface area contributed by atoms with Gasteiger partial charge in [-0.2, -0.15) is 0 Å². The van der Waals surface area contributed by atoms with E-state index < -0.39 is 0 Å². The number of fused-ring (bicyclic) bond motifs is 1. The highest BCUT2D eigenvalue weighted by Crippen LogP contribution is 2.27. The summed E-state index contributed by atoms with van der Waals surface area (Å²) in [6.45, 7) is 7.30. The lowest BCUT2D eigenvalue weighted by atomic mass is 9.87. The van der Waals surface area contributed by atoms with Gasteiger partial charge < -0.3 is 5.32 Å². The fraction of sp³-hybridized carbons (Fsp3) is 0.667. The van der Waals surface area contributed by atoms with Gasteiger partial charge in [0, 0.05) is 31.6 Å². The molecule has 1 aromatic carbocycles. The Balaban J connectivity index is 1.49. The van der Waals surface area contributed by atoms with Crippen molar-refractivity contribution in [2.24, 2.45) is 5.92 Å². The third kappa shape index (κ3) is 4.38. The van der Waals surface area contributed by atoms with E-state index in [1.165, 1.54) is 43.2 Å². The summed E-state index contributed by atoms with van der Waals surface area (Å²) in [6.07, 6.45) is 8.25. The molecule has 1 heterocycles. The minimum Gasteiger partial charge on any atom is -0.354 e. The van der Waals surface area contributed by atoms with Crippen LogP contribution >= 0.6 is 0 Å². The molecule has 1 N–H and O–H groups in total. The summed E-state index contributed by atoms with van der Waals surface area (Å²) in [5, 5.41) is 3.21. The van der Waals surface area contributed by atoms with Crippen molar-refractivity contribution in [3.8, 4) is 0 Å². The zero-order chi connectivity index (χ0) is 17.0. The van der Waals surface area contributed by atoms with Crippen LogP contribution in [0.1, 0.15) is 63.5 Å². The van der Waals surface area contributed by atoms with Crippen LogP contribution in [0, 0.1) is 5.92 Å². The van der Waals surface area contributed by atoms with E-state index in [0.717, 1.165) is 32.5 Å². The summed E-state index contributed by atoms with van der Waals surface area (Å²) in [6, 6.07) is 8.73. The van der Waals surface area contributed by atoms with Crippen LogP contribution in [0.3, 0.4) is 0 Å². The van der Waals surface area contributed by atoms with Gasteiger partial charge in [0.15, 0.2) is 0 Å². The van der Waals surface area contributed by atoms with Gasteiger partial charge in [-0.3, -0.25) is 9.69 Å². The average molecular weight is 328 g/mol. The summed E-state index contributed by atoms with van der Waals surface area (Å²) < 4.78 is 0. The number of carbonyl (C=O) groups excluding carboxylic acids is 1. The van der Waals surface area contributed by atoms with E-state index in [4.69, 9.17) is 0 Å². The van der Waals surface area contributed by atoms with E-state index in [1.54, 1.807) is 0 Å². The zero-order valence-electron chi connectivity index (χ0n) is 15.3. The van der Waals surface area contributed by atoms with E-state index in [9.17, 15) is 4.79 Å². The first-order valence-electron chi connectivity index (χ1n) is 9.63. The standard InChI is InChI=1S/C21H32N2O/c1-21(2,16-22-20(24)14-17-8-4-3-5-9-17)23-13-12-18-10-6-7-11-19(18)15-23/h6-7,10-11,17H,3-5,8-9,12-16H2,1-2H3,(H,22,24). The molecule has 0 radical (unpaired) electrons. The van der Waals surface area contributed by atoms with Crippen LogP contribution in [0.25, 0.3) is 0 Å². The van der Waals surface area contributed by atoms with Gasteiger partial charge in [0.25, 0.3) is 0 Å². The molecule has 3 rings (SSSR count). The van der Waals surface area contributed by atoms with E-state index in [0.29, 0.717) is 5.92 Å². The number of nitrogens with one attached hydrogen (secondary N) is 1. The van der Waals surface area contributed by atoms with Gasteiger partial charge >= 0.3 is 0 Å². The van der Waals surface area contributed by atoms with E-state index in [2.05, 4.69) is 48.3 Å². The molecule has 2 aliphatic rings. The monoisotopic (exact) mass is 328 g/mol. The predicted molar refractivity (Wildman–Crippen MR) is 98.8 cm³/mol. The number of hydrogen-bond acceptors (Lipinski definition) is 2. The average Bonchev–Trinajstić information content (AvgIpc) is 2.60. The number of rotatable bonds is 5. The number of benzene rings is 1. The minimum absolute atomic E-state index is 0.00421. The maximum atomic E-state index is 12.3. The SMILES string of the molecule is CC(C)(CNC(=O)CC1CCCCC1)N1CCc2ccccc2C1. The third-order valence-corrected chi connectivity index (χ3v) is 5.90. The first-order valence-corrected chi connectivity index (χ1v) is 9.63. The molecule has 0 unspecified atom stereocenters. The van der Waals surface area contributed by atoms with Crippen molar-refractivity contribution in [1.29, 1.82) is 0 Å². The van der Waals surface area contributed by atoms with Crippen LogP contribution in [-0.4, -0.2) is 29.4 Å². The lowest BCUT2D eigenvalue weighted by Crippen LogP contribution is -2.53. The van der Waals surface area contributed by atoms with Gasteiger partial charge in [0.1, 0.15) is 0 Å². The molecule has 1 saturated carbocycles. The number of hydrogen-bond donors (Lipinski definition) is 1. The van der Waals surface area contributed by atoms with Crippen molar-refractivity contribution in [1.82, 2.24) is 10.2 Å². The molecule has 0 bridgehead atoms. The van der Waals surface area contributed by atoms with Crippen molar-refractivity contribution in [3.63, 3.8) is 0 Å². The largest absolute Gasteiger partial charge is 0.354 e. The summed E-state index contributed by atoms with van der Waals surface area (Å²) in [5.74, 6) is 0.858. The Morgan fingerprint density at radius 3 is 2.62 bits per heavy atom. The first-order chi connectivity index (χ1) is 11.5. The molecule has 1 amide bonds. The highest BCUT2D eigenvalue weighted by atomic mass is 16.1. The zero-order valence-corrected chi connectivity index (χ0v) is 15.3. The van der Waals surface area contributed by atoms with Crippen LogP contribution in [0.5, 0.6) is 0 Å². The normalized spacial score (nSPS) is 19.8. The fourth-order valence-corrected chi connectivity index (χ4v) is 4.16. The Hall–Kier alpha value is -1.35.